The van der Waals surface area contributed by atoms with Gasteiger partial charge in [-0.1, -0.05) is 47.1 Å². The number of likely N-dealkylation sites (N-methyl/N-ethyl adjacent to an activating group) is 1. The van der Waals surface area contributed by atoms with Gasteiger partial charge in [-0.25, -0.2) is 4.79 Å². The third-order valence-corrected chi connectivity index (χ3v) is 6.41. The van der Waals surface area contributed by atoms with Crippen LogP contribution in [-0.2, 0) is 19.1 Å². The predicted octanol–water partition coefficient (Wildman–Crippen LogP) is 3.77. The van der Waals surface area contributed by atoms with E-state index in [-0.39, 0.29) is 41.8 Å². The molecule has 0 aromatic rings. The first-order chi connectivity index (χ1) is 15.2. The number of carbonyl (C=O) groups excluding carboxylic acids is 3. The zero-order valence-electron chi connectivity index (χ0n) is 22.5. The Balaban J connectivity index is 3.15. The molecule has 1 aliphatic rings. The van der Waals surface area contributed by atoms with Crippen molar-refractivity contribution in [2.45, 2.75) is 106 Å². The highest BCUT2D eigenvalue weighted by atomic mass is 16.5. The molecular formula is C26H47N3O4. The van der Waals surface area contributed by atoms with Crippen molar-refractivity contribution < 1.29 is 19.1 Å². The van der Waals surface area contributed by atoms with Crippen LogP contribution >= 0.6 is 0 Å². The molecule has 7 nitrogen and oxygen atoms in total. The normalized spacial score (nSPS) is 19.9. The molecule has 0 saturated carbocycles. The summed E-state index contributed by atoms with van der Waals surface area (Å²) >= 11 is 0. The van der Waals surface area contributed by atoms with Crippen LogP contribution in [0.3, 0.4) is 0 Å². The zero-order valence-corrected chi connectivity index (χ0v) is 22.5. The van der Waals surface area contributed by atoms with E-state index in [0.29, 0.717) is 12.2 Å². The maximum atomic E-state index is 13.7. The van der Waals surface area contributed by atoms with E-state index in [1.54, 1.807) is 31.9 Å². The molecule has 1 heterocycles. The van der Waals surface area contributed by atoms with Gasteiger partial charge in [0.1, 0.15) is 6.04 Å². The minimum absolute atomic E-state index is 0.0782. The number of hydrogen-bond donors (Lipinski definition) is 1. The van der Waals surface area contributed by atoms with Crippen molar-refractivity contribution in [2.75, 3.05) is 20.2 Å². The van der Waals surface area contributed by atoms with Gasteiger partial charge in [0.05, 0.1) is 18.7 Å². The van der Waals surface area contributed by atoms with Crippen LogP contribution in [0.4, 0.5) is 0 Å². The fourth-order valence-corrected chi connectivity index (χ4v) is 4.41. The van der Waals surface area contributed by atoms with E-state index in [1.165, 1.54) is 0 Å². The lowest BCUT2D eigenvalue weighted by atomic mass is 9.84. The van der Waals surface area contributed by atoms with Crippen molar-refractivity contribution in [3.05, 3.63) is 11.6 Å². The summed E-state index contributed by atoms with van der Waals surface area (Å²) < 4.78 is 5.10. The Hall–Kier alpha value is -1.89. The minimum Gasteiger partial charge on any atom is -0.463 e. The molecule has 3 atom stereocenters. The summed E-state index contributed by atoms with van der Waals surface area (Å²) in [7, 11) is 1.74. The molecule has 7 heteroatoms. The molecule has 1 fully saturated rings. The molecule has 1 rings (SSSR count). The number of esters is 1. The van der Waals surface area contributed by atoms with Gasteiger partial charge in [0.2, 0.25) is 11.8 Å². The summed E-state index contributed by atoms with van der Waals surface area (Å²) in [5.41, 5.74) is 0.000989. The maximum absolute atomic E-state index is 13.7. The van der Waals surface area contributed by atoms with Gasteiger partial charge in [-0.2, -0.15) is 0 Å². The maximum Gasteiger partial charge on any atom is 0.333 e. The van der Waals surface area contributed by atoms with Gasteiger partial charge in [0.25, 0.3) is 0 Å². The molecule has 0 spiro atoms. The Kier molecular flexibility index (Phi) is 11.1. The molecule has 1 N–H and O–H groups in total. The summed E-state index contributed by atoms with van der Waals surface area (Å²) in [6.45, 7) is 18.8. The molecule has 0 aromatic heterocycles. The highest BCUT2D eigenvalue weighted by Gasteiger charge is 2.39. The molecule has 1 saturated heterocycles. The van der Waals surface area contributed by atoms with E-state index < -0.39 is 11.5 Å². The summed E-state index contributed by atoms with van der Waals surface area (Å²) in [4.78, 5) is 43.1. The van der Waals surface area contributed by atoms with E-state index in [0.717, 1.165) is 25.8 Å². The number of amides is 2. The predicted molar refractivity (Wildman–Crippen MR) is 133 cm³/mol. The Morgan fingerprint density at radius 2 is 1.76 bits per heavy atom. The Labute approximate surface area is 201 Å². The van der Waals surface area contributed by atoms with Crippen molar-refractivity contribution >= 4 is 17.8 Å². The topological polar surface area (TPSA) is 79.0 Å². The van der Waals surface area contributed by atoms with E-state index in [4.69, 9.17) is 4.74 Å². The van der Waals surface area contributed by atoms with Crippen molar-refractivity contribution in [3.8, 4) is 0 Å². The highest BCUT2D eigenvalue weighted by Crippen LogP contribution is 2.26. The molecular weight excluding hydrogens is 418 g/mol. The average molecular weight is 466 g/mol. The Bertz CT molecular complexity index is 709. The van der Waals surface area contributed by atoms with Crippen LogP contribution in [0.5, 0.6) is 0 Å². The second kappa shape index (κ2) is 12.5. The van der Waals surface area contributed by atoms with Gasteiger partial charge in [0, 0.05) is 18.7 Å². The molecule has 0 aliphatic carbocycles. The first-order valence-corrected chi connectivity index (χ1v) is 12.4. The monoisotopic (exact) mass is 465 g/mol. The van der Waals surface area contributed by atoms with Crippen molar-refractivity contribution in [2.24, 2.45) is 11.3 Å². The molecule has 0 unspecified atom stereocenters. The quantitative estimate of drug-likeness (QED) is 0.414. The van der Waals surface area contributed by atoms with Gasteiger partial charge >= 0.3 is 5.97 Å². The molecule has 0 bridgehead atoms. The molecule has 2 amide bonds. The van der Waals surface area contributed by atoms with Gasteiger partial charge in [-0.05, 0) is 58.4 Å². The van der Waals surface area contributed by atoms with Crippen LogP contribution in [0.2, 0.25) is 0 Å². The summed E-state index contributed by atoms with van der Waals surface area (Å²) in [5, 5.41) is 3.10. The average Bonchev–Trinajstić information content (AvgIpc) is 2.73. The Morgan fingerprint density at radius 3 is 2.24 bits per heavy atom. The van der Waals surface area contributed by atoms with Crippen LogP contribution in [0, 0.1) is 11.3 Å². The van der Waals surface area contributed by atoms with Crippen LogP contribution < -0.4 is 5.32 Å². The zero-order chi connectivity index (χ0) is 25.5. The number of carbonyl (C=O) groups is 3. The lowest BCUT2D eigenvalue weighted by molar-refractivity contribution is -0.142. The SMILES string of the molecule is CCOC(=O)/C(C)=C/[C@H](C(C)C)N(C)C(=O)[C@@H](NC(=O)[C@@H]1CCCCN1C(C)C)C(C)(C)C. The Morgan fingerprint density at radius 1 is 1.15 bits per heavy atom. The number of likely N-dealkylation sites (tertiary alicyclic amines) is 1. The van der Waals surface area contributed by atoms with Gasteiger partial charge < -0.3 is 15.0 Å². The molecule has 190 valence electrons. The number of rotatable bonds is 9. The van der Waals surface area contributed by atoms with Crippen LogP contribution in [-0.4, -0.2) is 72.0 Å². The number of nitrogens with zero attached hydrogens (tertiary/aromatic N) is 2. The van der Waals surface area contributed by atoms with Gasteiger partial charge in [0.15, 0.2) is 0 Å². The first-order valence-electron chi connectivity index (χ1n) is 12.4. The molecule has 33 heavy (non-hydrogen) atoms. The fraction of sp³-hybridized carbons (Fsp3) is 0.808. The second-order valence-electron chi connectivity index (χ2n) is 10.9. The highest BCUT2D eigenvalue weighted by molar-refractivity contribution is 5.91. The van der Waals surface area contributed by atoms with Crippen LogP contribution in [0.1, 0.15) is 81.6 Å². The fourth-order valence-electron chi connectivity index (χ4n) is 4.41. The van der Waals surface area contributed by atoms with E-state index in [1.807, 2.05) is 34.6 Å². The number of ether oxygens (including phenoxy) is 1. The second-order valence-corrected chi connectivity index (χ2v) is 10.9. The summed E-state index contributed by atoms with van der Waals surface area (Å²) in [5.74, 6) is -0.538. The van der Waals surface area contributed by atoms with Gasteiger partial charge in [-0.3, -0.25) is 14.5 Å². The van der Waals surface area contributed by atoms with Crippen molar-refractivity contribution in [3.63, 3.8) is 0 Å². The molecule has 1 aliphatic heterocycles. The number of hydrogen-bond acceptors (Lipinski definition) is 5. The largest absolute Gasteiger partial charge is 0.463 e. The lowest BCUT2D eigenvalue weighted by Crippen LogP contribution is -2.60. The van der Waals surface area contributed by atoms with Crippen molar-refractivity contribution in [1.82, 2.24) is 15.1 Å². The number of piperidine rings is 1. The standard InChI is InChI=1S/C26H47N3O4/c1-11-33-25(32)19(6)16-21(17(2)3)28(10)24(31)22(26(7,8)9)27-23(30)20-14-12-13-15-29(20)18(4)5/h16-18,20-22H,11-15H2,1-10H3,(H,27,30)/b19-16+/t20-,21+,22+/m0/s1. The number of nitrogens with one attached hydrogen (secondary N) is 1. The smallest absolute Gasteiger partial charge is 0.333 e. The lowest BCUT2D eigenvalue weighted by Gasteiger charge is -2.41. The van der Waals surface area contributed by atoms with E-state index in [2.05, 4.69) is 24.1 Å². The minimum atomic E-state index is -0.677. The van der Waals surface area contributed by atoms with Crippen LogP contribution in [0.25, 0.3) is 0 Å². The molecule has 0 radical (unpaired) electrons. The van der Waals surface area contributed by atoms with Crippen molar-refractivity contribution in [1.29, 1.82) is 0 Å². The van der Waals surface area contributed by atoms with Crippen LogP contribution in [0.15, 0.2) is 11.6 Å². The van der Waals surface area contributed by atoms with Gasteiger partial charge in [-0.15, -0.1) is 0 Å². The summed E-state index contributed by atoms with van der Waals surface area (Å²) in [6, 6.07) is -0.920. The molecule has 0 aromatic carbocycles. The van der Waals surface area contributed by atoms with E-state index >= 15 is 0 Å². The summed E-state index contributed by atoms with van der Waals surface area (Å²) in [6.07, 6.45) is 4.71. The van der Waals surface area contributed by atoms with E-state index in [9.17, 15) is 14.4 Å². The third kappa shape index (κ3) is 8.13. The first kappa shape index (κ1) is 29.1. The third-order valence-electron chi connectivity index (χ3n) is 6.41.